The standard InChI is InChI=1S/C18H25ClN4OS/c1-11(2)23(12(3)4)17(24)13(5)25-18-21-20-16(22(18)6)14-7-9-15(19)10-8-14/h7-13H,1-6H3/t13-/m1/s1. The second kappa shape index (κ2) is 8.23. The van der Waals surface area contributed by atoms with Gasteiger partial charge < -0.3 is 9.47 Å². The molecule has 0 radical (unpaired) electrons. The van der Waals surface area contributed by atoms with Gasteiger partial charge >= 0.3 is 0 Å². The van der Waals surface area contributed by atoms with E-state index in [4.69, 9.17) is 11.6 Å². The van der Waals surface area contributed by atoms with Crippen LogP contribution in [0.1, 0.15) is 34.6 Å². The molecule has 0 saturated carbocycles. The van der Waals surface area contributed by atoms with E-state index in [0.29, 0.717) is 5.02 Å². The summed E-state index contributed by atoms with van der Waals surface area (Å²) in [7, 11) is 1.91. The molecule has 25 heavy (non-hydrogen) atoms. The SMILES string of the molecule is CC(C)N(C(=O)[C@@H](C)Sc1nnc(-c2ccc(Cl)cc2)n1C)C(C)C. The molecule has 5 nitrogen and oxygen atoms in total. The van der Waals surface area contributed by atoms with Gasteiger partial charge in [-0.15, -0.1) is 10.2 Å². The lowest BCUT2D eigenvalue weighted by Crippen LogP contribution is -2.45. The number of thioether (sulfide) groups is 1. The minimum absolute atomic E-state index is 0.117. The Labute approximate surface area is 158 Å². The van der Waals surface area contributed by atoms with Gasteiger partial charge in [0.05, 0.1) is 5.25 Å². The molecular weight excluding hydrogens is 356 g/mol. The Kier molecular flexibility index (Phi) is 6.52. The van der Waals surface area contributed by atoms with Crippen molar-refractivity contribution in [2.45, 2.75) is 57.1 Å². The number of hydrogen-bond acceptors (Lipinski definition) is 4. The van der Waals surface area contributed by atoms with Crippen LogP contribution in [0.5, 0.6) is 0 Å². The van der Waals surface area contributed by atoms with Crippen LogP contribution in [0.25, 0.3) is 11.4 Å². The summed E-state index contributed by atoms with van der Waals surface area (Å²) in [4.78, 5) is 14.7. The number of benzene rings is 1. The van der Waals surface area contributed by atoms with Crippen LogP contribution in [0.3, 0.4) is 0 Å². The summed E-state index contributed by atoms with van der Waals surface area (Å²) in [6.07, 6.45) is 0. The van der Waals surface area contributed by atoms with E-state index in [0.717, 1.165) is 16.5 Å². The van der Waals surface area contributed by atoms with E-state index in [-0.39, 0.29) is 23.2 Å². The molecule has 136 valence electrons. The van der Waals surface area contributed by atoms with Crippen molar-refractivity contribution in [3.8, 4) is 11.4 Å². The average Bonchev–Trinajstić information content (AvgIpc) is 2.88. The van der Waals surface area contributed by atoms with Crippen LogP contribution >= 0.6 is 23.4 Å². The molecule has 1 atom stereocenters. The zero-order chi connectivity index (χ0) is 18.7. The van der Waals surface area contributed by atoms with Gasteiger partial charge in [-0.2, -0.15) is 0 Å². The lowest BCUT2D eigenvalue weighted by Gasteiger charge is -2.32. The van der Waals surface area contributed by atoms with Gasteiger partial charge in [-0.25, -0.2) is 0 Å². The highest BCUT2D eigenvalue weighted by Gasteiger charge is 2.27. The van der Waals surface area contributed by atoms with Crippen molar-refractivity contribution in [3.63, 3.8) is 0 Å². The molecule has 0 aliphatic rings. The molecule has 0 bridgehead atoms. The molecule has 1 aromatic carbocycles. The van der Waals surface area contributed by atoms with Crippen molar-refractivity contribution in [2.24, 2.45) is 7.05 Å². The van der Waals surface area contributed by atoms with E-state index >= 15 is 0 Å². The Morgan fingerprint density at radius 3 is 2.16 bits per heavy atom. The summed E-state index contributed by atoms with van der Waals surface area (Å²) < 4.78 is 1.91. The summed E-state index contributed by atoms with van der Waals surface area (Å²) in [6, 6.07) is 7.81. The van der Waals surface area contributed by atoms with Crippen LogP contribution in [0, 0.1) is 0 Å². The maximum atomic E-state index is 12.8. The highest BCUT2D eigenvalue weighted by molar-refractivity contribution is 8.00. The van der Waals surface area contributed by atoms with Crippen LogP contribution < -0.4 is 0 Å². The number of carbonyl (C=O) groups excluding carboxylic acids is 1. The van der Waals surface area contributed by atoms with Crippen molar-refractivity contribution >= 4 is 29.3 Å². The predicted molar refractivity (Wildman–Crippen MR) is 104 cm³/mol. The Bertz CT molecular complexity index is 719. The van der Waals surface area contributed by atoms with Crippen LogP contribution in [-0.4, -0.2) is 42.9 Å². The maximum absolute atomic E-state index is 12.8. The smallest absolute Gasteiger partial charge is 0.236 e. The van der Waals surface area contributed by atoms with Gasteiger partial charge in [0.1, 0.15) is 0 Å². The molecule has 2 aromatic rings. The third-order valence-corrected chi connectivity index (χ3v) is 5.31. The summed E-state index contributed by atoms with van der Waals surface area (Å²) in [5, 5.41) is 9.70. The van der Waals surface area contributed by atoms with Crippen LogP contribution in [0.4, 0.5) is 0 Å². The van der Waals surface area contributed by atoms with Gasteiger partial charge in [0, 0.05) is 29.7 Å². The molecule has 2 rings (SSSR count). The third kappa shape index (κ3) is 4.55. The molecule has 0 fully saturated rings. The van der Waals surface area contributed by atoms with Gasteiger partial charge in [0.15, 0.2) is 11.0 Å². The predicted octanol–water partition coefficient (Wildman–Crippen LogP) is 4.26. The molecule has 1 aromatic heterocycles. The van der Waals surface area contributed by atoms with Crippen LogP contribution in [0.15, 0.2) is 29.4 Å². The average molecular weight is 381 g/mol. The van der Waals surface area contributed by atoms with Gasteiger partial charge in [0.2, 0.25) is 5.91 Å². The summed E-state index contributed by atoms with van der Waals surface area (Å²) >= 11 is 7.37. The van der Waals surface area contributed by atoms with Gasteiger partial charge in [-0.05, 0) is 58.9 Å². The Morgan fingerprint density at radius 2 is 1.64 bits per heavy atom. The molecule has 0 aliphatic carbocycles. The summed E-state index contributed by atoms with van der Waals surface area (Å²) in [6.45, 7) is 10.1. The van der Waals surface area contributed by atoms with E-state index in [2.05, 4.69) is 10.2 Å². The number of hydrogen-bond donors (Lipinski definition) is 0. The fourth-order valence-corrected chi connectivity index (χ4v) is 3.79. The summed E-state index contributed by atoms with van der Waals surface area (Å²) in [5.74, 6) is 0.870. The molecule has 7 heteroatoms. The highest BCUT2D eigenvalue weighted by atomic mass is 35.5. The van der Waals surface area contributed by atoms with Gasteiger partial charge in [0.25, 0.3) is 0 Å². The first kappa shape index (κ1) is 19.8. The topological polar surface area (TPSA) is 51.0 Å². The van der Waals surface area contributed by atoms with Crippen LogP contribution in [0.2, 0.25) is 5.02 Å². The fourth-order valence-electron chi connectivity index (χ4n) is 2.79. The molecular formula is C18H25ClN4OS. The number of amides is 1. The van der Waals surface area contributed by atoms with Crippen molar-refractivity contribution in [1.29, 1.82) is 0 Å². The normalized spacial score (nSPS) is 12.7. The van der Waals surface area contributed by atoms with Gasteiger partial charge in [-0.3, -0.25) is 4.79 Å². The minimum atomic E-state index is -0.231. The number of nitrogens with zero attached hydrogens (tertiary/aromatic N) is 4. The third-order valence-electron chi connectivity index (χ3n) is 3.93. The largest absolute Gasteiger partial charge is 0.337 e. The number of carbonyl (C=O) groups is 1. The zero-order valence-corrected chi connectivity index (χ0v) is 17.1. The Balaban J connectivity index is 2.18. The molecule has 0 unspecified atom stereocenters. The first-order valence-electron chi connectivity index (χ1n) is 8.36. The molecule has 1 heterocycles. The second-order valence-corrected chi connectivity index (χ2v) is 8.31. The van der Waals surface area contributed by atoms with Crippen LogP contribution in [-0.2, 0) is 11.8 Å². The van der Waals surface area contributed by atoms with E-state index in [1.54, 1.807) is 0 Å². The minimum Gasteiger partial charge on any atom is -0.337 e. The van der Waals surface area contributed by atoms with Crippen molar-refractivity contribution in [2.75, 3.05) is 0 Å². The fraction of sp³-hybridized carbons (Fsp3) is 0.500. The van der Waals surface area contributed by atoms with E-state index < -0.39 is 0 Å². The molecule has 0 saturated heterocycles. The second-order valence-electron chi connectivity index (χ2n) is 6.57. The first-order chi connectivity index (χ1) is 11.7. The maximum Gasteiger partial charge on any atom is 0.236 e. The number of rotatable bonds is 6. The molecule has 0 N–H and O–H groups in total. The molecule has 1 amide bonds. The Hall–Kier alpha value is -1.53. The number of aromatic nitrogens is 3. The quantitative estimate of drug-likeness (QED) is 0.702. The zero-order valence-electron chi connectivity index (χ0n) is 15.5. The lowest BCUT2D eigenvalue weighted by molar-refractivity contribution is -0.133. The van der Waals surface area contributed by atoms with Crippen molar-refractivity contribution in [3.05, 3.63) is 29.3 Å². The monoisotopic (exact) mass is 380 g/mol. The number of halogens is 1. The van der Waals surface area contributed by atoms with E-state index in [1.807, 2.05) is 75.4 Å². The Morgan fingerprint density at radius 1 is 1.08 bits per heavy atom. The van der Waals surface area contributed by atoms with Gasteiger partial charge in [-0.1, -0.05) is 23.4 Å². The van der Waals surface area contributed by atoms with Crippen molar-refractivity contribution in [1.82, 2.24) is 19.7 Å². The summed E-state index contributed by atoms with van der Waals surface area (Å²) in [5.41, 5.74) is 0.941. The van der Waals surface area contributed by atoms with E-state index in [9.17, 15) is 4.79 Å². The van der Waals surface area contributed by atoms with Crippen molar-refractivity contribution < 1.29 is 4.79 Å². The lowest BCUT2D eigenvalue weighted by atomic mass is 10.2. The first-order valence-corrected chi connectivity index (χ1v) is 9.62. The van der Waals surface area contributed by atoms with E-state index in [1.165, 1.54) is 11.8 Å². The highest BCUT2D eigenvalue weighted by Crippen LogP contribution is 2.27. The molecule has 0 aliphatic heterocycles. The molecule has 0 spiro atoms.